The number of halogens is 2. The van der Waals surface area contributed by atoms with E-state index in [2.05, 4.69) is 5.32 Å². The highest BCUT2D eigenvalue weighted by atomic mass is 35.5. The highest BCUT2D eigenvalue weighted by molar-refractivity contribution is 6.31. The molecule has 0 heterocycles. The Morgan fingerprint density at radius 2 is 2.26 bits per heavy atom. The number of carbonyl (C=O) groups is 1. The number of benzene rings is 1. The Balaban J connectivity index is 2.05. The van der Waals surface area contributed by atoms with E-state index < -0.39 is 6.10 Å². The van der Waals surface area contributed by atoms with Gasteiger partial charge in [-0.1, -0.05) is 17.7 Å². The van der Waals surface area contributed by atoms with Gasteiger partial charge in [0.05, 0.1) is 0 Å². The fourth-order valence-electron chi connectivity index (χ4n) is 2.12. The van der Waals surface area contributed by atoms with Gasteiger partial charge in [-0.3, -0.25) is 4.79 Å². The van der Waals surface area contributed by atoms with Gasteiger partial charge in [-0.05, 0) is 37.5 Å². The van der Waals surface area contributed by atoms with E-state index in [0.717, 1.165) is 18.4 Å². The van der Waals surface area contributed by atoms with Gasteiger partial charge < -0.3 is 10.1 Å². The van der Waals surface area contributed by atoms with Crippen LogP contribution in [0.25, 0.3) is 0 Å². The molecule has 1 aromatic rings. The smallest absolute Gasteiger partial charge is 0.248 e. The van der Waals surface area contributed by atoms with Crippen molar-refractivity contribution in [2.45, 2.75) is 31.3 Å². The Bertz CT molecular complexity index is 488. The third kappa shape index (κ3) is 3.07. The molecule has 1 aliphatic carbocycles. The molecule has 1 saturated carbocycles. The Morgan fingerprint density at radius 3 is 2.79 bits per heavy atom. The maximum atomic E-state index is 13.1. The summed E-state index contributed by atoms with van der Waals surface area (Å²) in [6.45, 7) is 2.20. The first-order valence-corrected chi connectivity index (χ1v) is 6.62. The SMILES string of the molecule is COC(C)C(=O)NCC1(c2ccc(F)cc2Cl)CC1. The van der Waals surface area contributed by atoms with Crippen molar-refractivity contribution < 1.29 is 13.9 Å². The lowest BCUT2D eigenvalue weighted by Gasteiger charge is -2.19. The number of nitrogens with one attached hydrogen (secondary N) is 1. The normalized spacial score (nSPS) is 17.9. The first kappa shape index (κ1) is 14.3. The largest absolute Gasteiger partial charge is 0.372 e. The molecule has 0 saturated heterocycles. The number of amides is 1. The van der Waals surface area contributed by atoms with Crippen molar-refractivity contribution in [1.82, 2.24) is 5.32 Å². The van der Waals surface area contributed by atoms with E-state index in [-0.39, 0.29) is 17.1 Å². The predicted octanol–water partition coefficient (Wildman–Crippen LogP) is 2.66. The first-order chi connectivity index (χ1) is 8.98. The van der Waals surface area contributed by atoms with E-state index in [9.17, 15) is 9.18 Å². The molecule has 19 heavy (non-hydrogen) atoms. The van der Waals surface area contributed by atoms with Gasteiger partial charge in [0.2, 0.25) is 5.91 Å². The summed E-state index contributed by atoms with van der Waals surface area (Å²) in [6, 6.07) is 4.42. The number of ether oxygens (including phenoxy) is 1. The van der Waals surface area contributed by atoms with Crippen molar-refractivity contribution in [2.24, 2.45) is 0 Å². The minimum Gasteiger partial charge on any atom is -0.372 e. The minimum absolute atomic E-state index is 0.145. The van der Waals surface area contributed by atoms with Crippen LogP contribution < -0.4 is 5.32 Å². The fraction of sp³-hybridized carbons (Fsp3) is 0.500. The lowest BCUT2D eigenvalue weighted by atomic mass is 9.95. The monoisotopic (exact) mass is 285 g/mol. The lowest BCUT2D eigenvalue weighted by Crippen LogP contribution is -2.38. The second kappa shape index (κ2) is 5.47. The van der Waals surface area contributed by atoms with Crippen molar-refractivity contribution in [3.8, 4) is 0 Å². The van der Waals surface area contributed by atoms with Gasteiger partial charge >= 0.3 is 0 Å². The maximum absolute atomic E-state index is 13.1. The molecule has 0 spiro atoms. The average Bonchev–Trinajstić information content (AvgIpc) is 3.16. The summed E-state index contributed by atoms with van der Waals surface area (Å²) in [4.78, 5) is 11.7. The molecular formula is C14H17ClFNO2. The Kier molecular flexibility index (Phi) is 4.11. The zero-order valence-electron chi connectivity index (χ0n) is 11.0. The minimum atomic E-state index is -0.473. The highest BCUT2D eigenvalue weighted by Gasteiger charge is 2.45. The molecule has 1 atom stereocenters. The van der Waals surface area contributed by atoms with E-state index in [1.54, 1.807) is 13.0 Å². The van der Waals surface area contributed by atoms with Crippen LogP contribution in [0.4, 0.5) is 4.39 Å². The number of hydrogen-bond acceptors (Lipinski definition) is 2. The predicted molar refractivity (Wildman–Crippen MR) is 71.8 cm³/mol. The molecule has 1 aliphatic rings. The van der Waals surface area contributed by atoms with Crippen molar-refractivity contribution >= 4 is 17.5 Å². The van der Waals surface area contributed by atoms with E-state index in [1.807, 2.05) is 0 Å². The molecule has 0 bridgehead atoms. The van der Waals surface area contributed by atoms with Gasteiger partial charge in [0.15, 0.2) is 0 Å². The van der Waals surface area contributed by atoms with Gasteiger partial charge in [0.1, 0.15) is 11.9 Å². The molecule has 5 heteroatoms. The zero-order valence-corrected chi connectivity index (χ0v) is 11.8. The molecule has 1 aromatic carbocycles. The Morgan fingerprint density at radius 1 is 1.58 bits per heavy atom. The molecule has 104 valence electrons. The van der Waals surface area contributed by atoms with Crippen LogP contribution in [-0.4, -0.2) is 25.7 Å². The molecule has 2 rings (SSSR count). The van der Waals surface area contributed by atoms with Crippen molar-refractivity contribution in [2.75, 3.05) is 13.7 Å². The highest BCUT2D eigenvalue weighted by Crippen LogP contribution is 2.50. The third-order valence-corrected chi connectivity index (χ3v) is 3.99. The summed E-state index contributed by atoms with van der Waals surface area (Å²) in [5.74, 6) is -0.492. The van der Waals surface area contributed by atoms with Crippen LogP contribution in [0.5, 0.6) is 0 Å². The standard InChI is InChI=1S/C14H17ClFNO2/c1-9(19-2)13(18)17-8-14(5-6-14)11-4-3-10(16)7-12(11)15/h3-4,7,9H,5-6,8H2,1-2H3,(H,17,18). The zero-order chi connectivity index (χ0) is 14.0. The topological polar surface area (TPSA) is 38.3 Å². The summed E-state index contributed by atoms with van der Waals surface area (Å²) in [5, 5.41) is 3.28. The van der Waals surface area contributed by atoms with Crippen LogP contribution in [0, 0.1) is 5.82 Å². The van der Waals surface area contributed by atoms with Crippen LogP contribution in [0.3, 0.4) is 0 Å². The number of hydrogen-bond donors (Lipinski definition) is 1. The molecular weight excluding hydrogens is 269 g/mol. The second-order valence-electron chi connectivity index (χ2n) is 5.00. The molecule has 1 amide bonds. The maximum Gasteiger partial charge on any atom is 0.248 e. The van der Waals surface area contributed by atoms with E-state index in [1.165, 1.54) is 19.2 Å². The number of carbonyl (C=O) groups excluding carboxylic acids is 1. The van der Waals surface area contributed by atoms with Crippen LogP contribution >= 0.6 is 11.6 Å². The van der Waals surface area contributed by atoms with E-state index in [4.69, 9.17) is 16.3 Å². The molecule has 1 N–H and O–H groups in total. The van der Waals surface area contributed by atoms with Gasteiger partial charge in [-0.15, -0.1) is 0 Å². The third-order valence-electron chi connectivity index (χ3n) is 3.68. The summed E-state index contributed by atoms with van der Waals surface area (Å²) < 4.78 is 18.0. The molecule has 0 aliphatic heterocycles. The average molecular weight is 286 g/mol. The molecule has 1 unspecified atom stereocenters. The van der Waals surface area contributed by atoms with Gasteiger partial charge in [0, 0.05) is 24.1 Å². The molecule has 1 fully saturated rings. The summed E-state index contributed by atoms with van der Waals surface area (Å²) in [5.41, 5.74) is 0.759. The van der Waals surface area contributed by atoms with Crippen LogP contribution in [-0.2, 0) is 14.9 Å². The van der Waals surface area contributed by atoms with Crippen LogP contribution in [0.15, 0.2) is 18.2 Å². The number of rotatable bonds is 5. The molecule has 0 radical (unpaired) electrons. The summed E-state index contributed by atoms with van der Waals surface area (Å²) >= 11 is 6.08. The molecule has 3 nitrogen and oxygen atoms in total. The lowest BCUT2D eigenvalue weighted by molar-refractivity contribution is -0.130. The van der Waals surface area contributed by atoms with E-state index in [0.29, 0.717) is 11.6 Å². The fourth-order valence-corrected chi connectivity index (χ4v) is 2.49. The van der Waals surface area contributed by atoms with Gasteiger partial charge in [-0.25, -0.2) is 4.39 Å². The number of methoxy groups -OCH3 is 1. The molecule has 0 aromatic heterocycles. The summed E-state index contributed by atoms with van der Waals surface area (Å²) in [7, 11) is 1.49. The Labute approximate surface area is 117 Å². The van der Waals surface area contributed by atoms with Crippen LogP contribution in [0.2, 0.25) is 5.02 Å². The quantitative estimate of drug-likeness (QED) is 0.903. The second-order valence-corrected chi connectivity index (χ2v) is 5.41. The van der Waals surface area contributed by atoms with Gasteiger partial charge in [-0.2, -0.15) is 0 Å². The van der Waals surface area contributed by atoms with E-state index >= 15 is 0 Å². The van der Waals surface area contributed by atoms with Crippen molar-refractivity contribution in [3.63, 3.8) is 0 Å². The first-order valence-electron chi connectivity index (χ1n) is 6.24. The Hall–Kier alpha value is -1.13. The van der Waals surface area contributed by atoms with Gasteiger partial charge in [0.25, 0.3) is 0 Å². The van der Waals surface area contributed by atoms with Crippen molar-refractivity contribution in [3.05, 3.63) is 34.6 Å². The summed E-state index contributed by atoms with van der Waals surface area (Å²) in [6.07, 6.45) is 1.42. The van der Waals surface area contributed by atoms with Crippen LogP contribution in [0.1, 0.15) is 25.3 Å². The van der Waals surface area contributed by atoms with Crippen molar-refractivity contribution in [1.29, 1.82) is 0 Å².